The Kier molecular flexibility index (Phi) is 7.21. The van der Waals surface area contributed by atoms with Gasteiger partial charge in [0.05, 0.1) is 20.4 Å². The fourth-order valence-corrected chi connectivity index (χ4v) is 5.07. The number of amides is 2. The summed E-state index contributed by atoms with van der Waals surface area (Å²) in [7, 11) is 0. The highest BCUT2D eigenvalue weighted by Crippen LogP contribution is 2.38. The molecule has 29 heavy (non-hydrogen) atoms. The Labute approximate surface area is 193 Å². The van der Waals surface area contributed by atoms with E-state index in [2.05, 4.69) is 38.4 Å². The summed E-state index contributed by atoms with van der Waals surface area (Å²) in [5.41, 5.74) is 1.20. The van der Waals surface area contributed by atoms with Gasteiger partial charge in [0.25, 0.3) is 11.1 Å². The molecule has 2 aromatic carbocycles. The number of halogens is 4. The zero-order valence-corrected chi connectivity index (χ0v) is 19.5. The largest absolute Gasteiger partial charge is 0.487 e. The van der Waals surface area contributed by atoms with Gasteiger partial charge in [-0.25, -0.2) is 4.39 Å². The van der Waals surface area contributed by atoms with Gasteiger partial charge in [0.2, 0.25) is 0 Å². The van der Waals surface area contributed by atoms with Gasteiger partial charge >= 0.3 is 0 Å². The number of ether oxygens (including phenoxy) is 1. The molecule has 9 heteroatoms. The molecule has 1 heterocycles. The van der Waals surface area contributed by atoms with Crippen molar-refractivity contribution < 1.29 is 18.7 Å². The topological polar surface area (TPSA) is 46.6 Å². The highest BCUT2D eigenvalue weighted by atomic mass is 79.9. The lowest BCUT2D eigenvalue weighted by Crippen LogP contribution is -2.27. The minimum atomic E-state index is -0.482. The lowest BCUT2D eigenvalue weighted by atomic mass is 10.2. The van der Waals surface area contributed by atoms with Crippen molar-refractivity contribution in [2.75, 3.05) is 6.61 Å². The number of rotatable bonds is 6. The van der Waals surface area contributed by atoms with Crippen LogP contribution in [0, 0.1) is 5.82 Å². The van der Waals surface area contributed by atoms with Crippen molar-refractivity contribution >= 4 is 72.4 Å². The monoisotopic (exact) mass is 559 g/mol. The van der Waals surface area contributed by atoms with Gasteiger partial charge in [-0.05, 0) is 85.1 Å². The van der Waals surface area contributed by atoms with E-state index in [1.54, 1.807) is 24.3 Å². The van der Waals surface area contributed by atoms with Crippen molar-refractivity contribution in [2.24, 2.45) is 0 Å². The van der Waals surface area contributed by atoms with E-state index in [1.807, 2.05) is 0 Å². The van der Waals surface area contributed by atoms with Crippen molar-refractivity contribution in [1.29, 1.82) is 0 Å². The van der Waals surface area contributed by atoms with Crippen molar-refractivity contribution in [3.05, 3.63) is 78.8 Å². The van der Waals surface area contributed by atoms with Crippen LogP contribution in [0.4, 0.5) is 9.18 Å². The van der Waals surface area contributed by atoms with E-state index in [9.17, 15) is 14.0 Å². The summed E-state index contributed by atoms with van der Waals surface area (Å²) in [5.74, 6) is -0.301. The molecule has 150 valence electrons. The Balaban J connectivity index is 1.83. The molecule has 0 spiro atoms. The SMILES string of the molecule is C=CCOc1c(Br)cc(/C=C2\SC(=O)N(Cc3ccc(F)cc3Cl)C2=O)cc1Br. The first-order valence-corrected chi connectivity index (χ1v) is 11.0. The van der Waals surface area contributed by atoms with Crippen LogP contribution >= 0.6 is 55.2 Å². The smallest absolute Gasteiger partial charge is 0.293 e. The summed E-state index contributed by atoms with van der Waals surface area (Å²) in [4.78, 5) is 26.4. The molecule has 0 N–H and O–H groups in total. The Bertz CT molecular complexity index is 1020. The molecule has 4 nitrogen and oxygen atoms in total. The molecular weight excluding hydrogens is 549 g/mol. The van der Waals surface area contributed by atoms with Gasteiger partial charge in [0.1, 0.15) is 18.2 Å². The third-order valence-electron chi connectivity index (χ3n) is 3.88. The first-order valence-electron chi connectivity index (χ1n) is 8.22. The second-order valence-corrected chi connectivity index (χ2v) is 9.03. The maximum absolute atomic E-state index is 13.2. The molecule has 1 saturated heterocycles. The van der Waals surface area contributed by atoms with Crippen LogP contribution in [0.2, 0.25) is 5.02 Å². The van der Waals surface area contributed by atoms with Crippen molar-refractivity contribution in [3.8, 4) is 5.75 Å². The third kappa shape index (κ3) is 5.12. The van der Waals surface area contributed by atoms with Crippen LogP contribution in [0.25, 0.3) is 6.08 Å². The van der Waals surface area contributed by atoms with Gasteiger partial charge in [0, 0.05) is 5.02 Å². The van der Waals surface area contributed by atoms with Crippen molar-refractivity contribution in [3.63, 3.8) is 0 Å². The van der Waals surface area contributed by atoms with Crippen LogP contribution in [-0.2, 0) is 11.3 Å². The molecule has 0 unspecified atom stereocenters. The molecule has 2 amide bonds. The van der Waals surface area contributed by atoms with E-state index in [0.717, 1.165) is 22.7 Å². The average molecular weight is 562 g/mol. The molecule has 0 radical (unpaired) electrons. The number of carbonyl (C=O) groups excluding carboxylic acids is 2. The zero-order chi connectivity index (χ0) is 21.1. The van der Waals surface area contributed by atoms with E-state index in [-0.39, 0.29) is 16.5 Å². The summed E-state index contributed by atoms with van der Waals surface area (Å²) in [6, 6.07) is 7.42. The second-order valence-electron chi connectivity index (χ2n) is 5.92. The molecule has 0 bridgehead atoms. The van der Waals surface area contributed by atoms with Gasteiger partial charge in [-0.1, -0.05) is 30.3 Å². The highest BCUT2D eigenvalue weighted by molar-refractivity contribution is 9.11. The van der Waals surface area contributed by atoms with Crippen molar-refractivity contribution in [2.45, 2.75) is 6.54 Å². The molecule has 1 aliphatic rings. The molecule has 0 aliphatic carbocycles. The predicted octanol–water partition coefficient (Wildman–Crippen LogP) is 6.81. The number of imide groups is 1. The molecule has 2 aromatic rings. The Morgan fingerprint density at radius 3 is 2.52 bits per heavy atom. The van der Waals surface area contributed by atoms with Crippen LogP contribution in [-0.4, -0.2) is 22.7 Å². The van der Waals surface area contributed by atoms with Crippen LogP contribution in [0.5, 0.6) is 5.75 Å². The molecule has 0 aromatic heterocycles. The van der Waals surface area contributed by atoms with E-state index >= 15 is 0 Å². The van der Waals surface area contributed by atoms with Gasteiger partial charge in [-0.15, -0.1) is 0 Å². The average Bonchev–Trinajstić information content (AvgIpc) is 2.90. The Morgan fingerprint density at radius 1 is 1.21 bits per heavy atom. The first-order chi connectivity index (χ1) is 13.8. The number of carbonyl (C=O) groups is 2. The van der Waals surface area contributed by atoms with Crippen LogP contribution in [0.15, 0.2) is 56.8 Å². The highest BCUT2D eigenvalue weighted by Gasteiger charge is 2.35. The number of nitrogens with zero attached hydrogens (tertiary/aromatic N) is 1. The number of thioether (sulfide) groups is 1. The van der Waals surface area contributed by atoms with Crippen LogP contribution in [0.1, 0.15) is 11.1 Å². The molecule has 3 rings (SSSR count). The molecule has 1 aliphatic heterocycles. The van der Waals surface area contributed by atoms with Gasteiger partial charge in [-0.2, -0.15) is 0 Å². The van der Waals surface area contributed by atoms with E-state index in [0.29, 0.717) is 32.4 Å². The fourth-order valence-electron chi connectivity index (χ4n) is 2.55. The number of benzene rings is 2. The minimum Gasteiger partial charge on any atom is -0.487 e. The Hall–Kier alpha value is -1.61. The normalized spacial score (nSPS) is 15.3. The van der Waals surface area contributed by atoms with E-state index in [1.165, 1.54) is 12.1 Å². The van der Waals surface area contributed by atoms with Crippen LogP contribution in [0.3, 0.4) is 0 Å². The fraction of sp³-hybridized carbons (Fsp3) is 0.100. The molecular formula is C20H13Br2ClFNO3S. The molecule has 0 atom stereocenters. The minimum absolute atomic E-state index is 0.0250. The lowest BCUT2D eigenvalue weighted by molar-refractivity contribution is -0.123. The van der Waals surface area contributed by atoms with Crippen LogP contribution < -0.4 is 4.74 Å². The number of hydrogen-bond donors (Lipinski definition) is 0. The Morgan fingerprint density at radius 2 is 1.90 bits per heavy atom. The predicted molar refractivity (Wildman–Crippen MR) is 120 cm³/mol. The summed E-state index contributed by atoms with van der Waals surface area (Å²) in [5, 5.41) is -0.248. The first kappa shape index (κ1) is 22.1. The summed E-state index contributed by atoms with van der Waals surface area (Å²) in [6.07, 6.45) is 3.26. The van der Waals surface area contributed by atoms with Crippen molar-refractivity contribution in [1.82, 2.24) is 4.90 Å². The van der Waals surface area contributed by atoms with Gasteiger partial charge in [0.15, 0.2) is 0 Å². The molecule has 1 fully saturated rings. The second kappa shape index (κ2) is 9.47. The summed E-state index contributed by atoms with van der Waals surface area (Å²) in [6.45, 7) is 3.94. The quantitative estimate of drug-likeness (QED) is 0.287. The summed E-state index contributed by atoms with van der Waals surface area (Å²) >= 11 is 13.7. The van der Waals surface area contributed by atoms with E-state index < -0.39 is 17.0 Å². The third-order valence-corrected chi connectivity index (χ3v) is 6.32. The van der Waals surface area contributed by atoms with Gasteiger partial charge < -0.3 is 4.74 Å². The number of hydrogen-bond acceptors (Lipinski definition) is 4. The zero-order valence-electron chi connectivity index (χ0n) is 14.8. The standard InChI is InChI=1S/C20H13Br2ClFNO3S/c1-2-5-28-18-14(21)6-11(7-15(18)22)8-17-19(26)25(20(27)29-17)10-12-3-4-13(24)9-16(12)23/h2-4,6-9H,1,5,10H2/b17-8-. The van der Waals surface area contributed by atoms with E-state index in [4.69, 9.17) is 16.3 Å². The lowest BCUT2D eigenvalue weighted by Gasteiger charge is -2.13. The summed E-state index contributed by atoms with van der Waals surface area (Å²) < 4.78 is 20.2. The maximum atomic E-state index is 13.2. The van der Waals surface area contributed by atoms with Gasteiger partial charge in [-0.3, -0.25) is 14.5 Å². The molecule has 0 saturated carbocycles. The maximum Gasteiger partial charge on any atom is 0.293 e.